The summed E-state index contributed by atoms with van der Waals surface area (Å²) in [7, 11) is 0. The Bertz CT molecular complexity index is 744. The number of aliphatic carboxylic acids is 1. The van der Waals surface area contributed by atoms with E-state index in [9.17, 15) is 9.59 Å². The molecule has 0 radical (unpaired) electrons. The largest absolute Gasteiger partial charge is 0.493 e. The Labute approximate surface area is 146 Å². The minimum atomic E-state index is -0.869. The number of benzene rings is 2. The van der Waals surface area contributed by atoms with Gasteiger partial charge in [0.1, 0.15) is 5.75 Å². The van der Waals surface area contributed by atoms with Crippen LogP contribution in [-0.2, 0) is 9.59 Å². The molecule has 2 aromatic carbocycles. The highest BCUT2D eigenvalue weighted by molar-refractivity contribution is 5.85. The second-order valence-corrected chi connectivity index (χ2v) is 6.13. The third kappa shape index (κ3) is 4.18. The van der Waals surface area contributed by atoms with E-state index < -0.39 is 5.97 Å². The van der Waals surface area contributed by atoms with Gasteiger partial charge in [-0.15, -0.1) is 0 Å². The first-order chi connectivity index (χ1) is 12.1. The summed E-state index contributed by atoms with van der Waals surface area (Å²) >= 11 is 0. The number of carbonyl (C=O) groups is 2. The molecule has 3 rings (SSSR count). The fourth-order valence-corrected chi connectivity index (χ4v) is 3.16. The minimum Gasteiger partial charge on any atom is -0.493 e. The number of nitrogens with one attached hydrogen (secondary N) is 1. The van der Waals surface area contributed by atoms with E-state index in [1.807, 2.05) is 54.6 Å². The molecule has 2 N–H and O–H groups in total. The van der Waals surface area contributed by atoms with Crippen LogP contribution in [-0.4, -0.2) is 23.6 Å². The van der Waals surface area contributed by atoms with E-state index in [0.717, 1.165) is 16.9 Å². The molecule has 1 amide bonds. The number of rotatable bonds is 6. The Kier molecular flexibility index (Phi) is 5.33. The molecule has 0 fully saturated rings. The van der Waals surface area contributed by atoms with Gasteiger partial charge in [-0.05, 0) is 24.5 Å². The van der Waals surface area contributed by atoms with Gasteiger partial charge in [0.2, 0.25) is 5.91 Å². The van der Waals surface area contributed by atoms with Crippen molar-refractivity contribution < 1.29 is 19.4 Å². The van der Waals surface area contributed by atoms with E-state index in [4.69, 9.17) is 9.84 Å². The second kappa shape index (κ2) is 7.83. The van der Waals surface area contributed by atoms with Gasteiger partial charge in [0.05, 0.1) is 18.6 Å². The summed E-state index contributed by atoms with van der Waals surface area (Å²) < 4.78 is 5.61. The van der Waals surface area contributed by atoms with Gasteiger partial charge in [-0.1, -0.05) is 48.5 Å². The molecule has 25 heavy (non-hydrogen) atoms. The second-order valence-electron chi connectivity index (χ2n) is 6.13. The minimum absolute atomic E-state index is 0.00417. The lowest BCUT2D eigenvalue weighted by Gasteiger charge is -2.27. The van der Waals surface area contributed by atoms with Gasteiger partial charge in [-0.3, -0.25) is 9.59 Å². The van der Waals surface area contributed by atoms with Gasteiger partial charge in [0.15, 0.2) is 0 Å². The van der Waals surface area contributed by atoms with Gasteiger partial charge in [-0.25, -0.2) is 0 Å². The van der Waals surface area contributed by atoms with Crippen molar-refractivity contribution in [3.05, 3.63) is 65.7 Å². The average molecular weight is 339 g/mol. The fourth-order valence-electron chi connectivity index (χ4n) is 3.16. The van der Waals surface area contributed by atoms with Gasteiger partial charge in [0, 0.05) is 12.0 Å². The normalized spacial score (nSPS) is 17.0. The SMILES string of the molecule is O=C(O)CCC(NC(=O)C1CCOc2ccccc21)c1ccccc1. The molecule has 5 nitrogen and oxygen atoms in total. The summed E-state index contributed by atoms with van der Waals surface area (Å²) in [6.07, 6.45) is 0.976. The molecule has 1 aliphatic heterocycles. The molecule has 1 heterocycles. The Morgan fingerprint density at radius 2 is 1.84 bits per heavy atom. The number of carboxylic acid groups (broad SMARTS) is 1. The molecule has 0 bridgehead atoms. The lowest BCUT2D eigenvalue weighted by molar-refractivity contribution is -0.137. The molecular weight excluding hydrogens is 318 g/mol. The van der Waals surface area contributed by atoms with E-state index >= 15 is 0 Å². The van der Waals surface area contributed by atoms with Crippen LogP contribution in [0.1, 0.15) is 42.3 Å². The van der Waals surface area contributed by atoms with Crippen molar-refractivity contribution in [2.24, 2.45) is 0 Å². The third-order valence-corrected chi connectivity index (χ3v) is 4.44. The Morgan fingerprint density at radius 3 is 2.60 bits per heavy atom. The number of hydrogen-bond donors (Lipinski definition) is 2. The van der Waals surface area contributed by atoms with Crippen LogP contribution in [0.3, 0.4) is 0 Å². The van der Waals surface area contributed by atoms with Gasteiger partial charge >= 0.3 is 5.97 Å². The standard InChI is InChI=1S/C20H21NO4/c22-19(23)11-10-17(14-6-2-1-3-7-14)21-20(24)16-12-13-25-18-9-5-4-8-15(16)18/h1-9,16-17H,10-13H2,(H,21,24)(H,22,23). The maximum Gasteiger partial charge on any atom is 0.303 e. The zero-order valence-electron chi connectivity index (χ0n) is 13.9. The zero-order valence-corrected chi connectivity index (χ0v) is 13.9. The van der Waals surface area contributed by atoms with E-state index in [1.54, 1.807) is 0 Å². The number of hydrogen-bond acceptors (Lipinski definition) is 3. The molecule has 5 heteroatoms. The number of amides is 1. The van der Waals surface area contributed by atoms with Crippen molar-refractivity contribution in [2.45, 2.75) is 31.2 Å². The average Bonchev–Trinajstić information content (AvgIpc) is 2.65. The molecule has 130 valence electrons. The highest BCUT2D eigenvalue weighted by Crippen LogP contribution is 2.34. The maximum atomic E-state index is 12.9. The number of carboxylic acids is 1. The van der Waals surface area contributed by atoms with E-state index in [1.165, 1.54) is 0 Å². The Hall–Kier alpha value is -2.82. The lowest BCUT2D eigenvalue weighted by Crippen LogP contribution is -2.35. The summed E-state index contributed by atoms with van der Waals surface area (Å²) in [5.74, 6) is -0.488. The van der Waals surface area contributed by atoms with Crippen LogP contribution in [0, 0.1) is 0 Å². The Balaban J connectivity index is 1.77. The quantitative estimate of drug-likeness (QED) is 0.847. The van der Waals surface area contributed by atoms with Crippen molar-refractivity contribution in [3.8, 4) is 5.75 Å². The van der Waals surface area contributed by atoms with Crippen LogP contribution in [0.4, 0.5) is 0 Å². The van der Waals surface area contributed by atoms with Crippen molar-refractivity contribution in [2.75, 3.05) is 6.61 Å². The molecule has 1 aliphatic rings. The van der Waals surface area contributed by atoms with Crippen molar-refractivity contribution in [3.63, 3.8) is 0 Å². The van der Waals surface area contributed by atoms with E-state index in [-0.39, 0.29) is 24.3 Å². The van der Waals surface area contributed by atoms with E-state index in [0.29, 0.717) is 19.4 Å². The van der Waals surface area contributed by atoms with Crippen LogP contribution in [0.2, 0.25) is 0 Å². The zero-order chi connectivity index (χ0) is 17.6. The van der Waals surface area contributed by atoms with Crippen LogP contribution >= 0.6 is 0 Å². The fraction of sp³-hybridized carbons (Fsp3) is 0.300. The van der Waals surface area contributed by atoms with Crippen molar-refractivity contribution in [1.82, 2.24) is 5.32 Å². The number of ether oxygens (including phenoxy) is 1. The van der Waals surface area contributed by atoms with Crippen LogP contribution in [0.5, 0.6) is 5.75 Å². The highest BCUT2D eigenvalue weighted by atomic mass is 16.5. The first-order valence-electron chi connectivity index (χ1n) is 8.44. The monoisotopic (exact) mass is 339 g/mol. The van der Waals surface area contributed by atoms with Crippen molar-refractivity contribution >= 4 is 11.9 Å². The smallest absolute Gasteiger partial charge is 0.303 e. The van der Waals surface area contributed by atoms with Crippen molar-refractivity contribution in [1.29, 1.82) is 0 Å². The number of carbonyl (C=O) groups excluding carboxylic acids is 1. The van der Waals surface area contributed by atoms with Crippen LogP contribution in [0.25, 0.3) is 0 Å². The van der Waals surface area contributed by atoms with Gasteiger partial charge in [0.25, 0.3) is 0 Å². The van der Waals surface area contributed by atoms with Crippen LogP contribution < -0.4 is 10.1 Å². The third-order valence-electron chi connectivity index (χ3n) is 4.44. The summed E-state index contributed by atoms with van der Waals surface area (Å²) in [6.45, 7) is 0.500. The predicted octanol–water partition coefficient (Wildman–Crippen LogP) is 3.28. The molecule has 0 aromatic heterocycles. The number of para-hydroxylation sites is 1. The summed E-state index contributed by atoms with van der Waals surface area (Å²) in [5.41, 5.74) is 1.80. The van der Waals surface area contributed by atoms with E-state index in [2.05, 4.69) is 5.32 Å². The molecule has 2 unspecified atom stereocenters. The summed E-state index contributed by atoms with van der Waals surface area (Å²) in [4.78, 5) is 23.8. The molecule has 2 atom stereocenters. The van der Waals surface area contributed by atoms with Gasteiger partial charge in [-0.2, -0.15) is 0 Å². The lowest BCUT2D eigenvalue weighted by atomic mass is 9.91. The topological polar surface area (TPSA) is 75.6 Å². The van der Waals surface area contributed by atoms with Crippen LogP contribution in [0.15, 0.2) is 54.6 Å². The van der Waals surface area contributed by atoms with Gasteiger partial charge < -0.3 is 15.2 Å². The molecular formula is C20H21NO4. The first-order valence-corrected chi connectivity index (χ1v) is 8.44. The Morgan fingerprint density at radius 1 is 1.12 bits per heavy atom. The summed E-state index contributed by atoms with van der Waals surface area (Å²) in [5, 5.41) is 12.0. The molecule has 0 spiro atoms. The highest BCUT2D eigenvalue weighted by Gasteiger charge is 2.29. The summed E-state index contributed by atoms with van der Waals surface area (Å²) in [6, 6.07) is 16.7. The number of fused-ring (bicyclic) bond motifs is 1. The first kappa shape index (κ1) is 17.0. The molecule has 0 saturated heterocycles. The molecule has 0 aliphatic carbocycles. The predicted molar refractivity (Wildman–Crippen MR) is 93.5 cm³/mol. The molecule has 0 saturated carbocycles. The molecule has 2 aromatic rings. The maximum absolute atomic E-state index is 12.9.